The molecular formula is C19H22N4O3. The van der Waals surface area contributed by atoms with E-state index in [0.29, 0.717) is 31.0 Å². The third-order valence-electron chi connectivity index (χ3n) is 5.07. The first-order valence-electron chi connectivity index (χ1n) is 8.60. The second-order valence-corrected chi connectivity index (χ2v) is 6.75. The van der Waals surface area contributed by atoms with E-state index in [1.54, 1.807) is 18.3 Å². The second-order valence-electron chi connectivity index (χ2n) is 6.75. The topological polar surface area (TPSA) is 86.5 Å². The number of likely N-dealkylation sites (tertiary alicyclic amines) is 1. The van der Waals surface area contributed by atoms with Gasteiger partial charge in [0, 0.05) is 62.0 Å². The summed E-state index contributed by atoms with van der Waals surface area (Å²) in [6, 6.07) is 7.48. The molecule has 7 heteroatoms. The van der Waals surface area contributed by atoms with Crippen LogP contribution in [0, 0.1) is 0 Å². The zero-order chi connectivity index (χ0) is 18.3. The molecule has 2 aromatic heterocycles. The number of carbonyl (C=O) groups is 1. The van der Waals surface area contributed by atoms with Crippen molar-refractivity contribution in [2.75, 3.05) is 20.2 Å². The molecule has 136 valence electrons. The highest BCUT2D eigenvalue weighted by Gasteiger charge is 2.37. The smallest absolute Gasteiger partial charge is 0.290 e. The Bertz CT molecular complexity index is 945. The van der Waals surface area contributed by atoms with Crippen molar-refractivity contribution in [3.8, 4) is 0 Å². The van der Waals surface area contributed by atoms with Crippen LogP contribution in [-0.4, -0.2) is 46.6 Å². The average molecular weight is 354 g/mol. The summed E-state index contributed by atoms with van der Waals surface area (Å²) in [6.07, 6.45) is 3.57. The molecule has 2 atom stereocenters. The van der Waals surface area contributed by atoms with Gasteiger partial charge in [-0.15, -0.1) is 0 Å². The van der Waals surface area contributed by atoms with E-state index in [9.17, 15) is 4.79 Å². The Kier molecular flexibility index (Phi) is 4.26. The molecule has 1 saturated heterocycles. The van der Waals surface area contributed by atoms with Crippen molar-refractivity contribution in [2.24, 2.45) is 12.8 Å². The Morgan fingerprint density at radius 2 is 2.19 bits per heavy atom. The van der Waals surface area contributed by atoms with Crippen LogP contribution < -0.4 is 5.73 Å². The summed E-state index contributed by atoms with van der Waals surface area (Å²) in [4.78, 5) is 19.1. The molecule has 3 heterocycles. The lowest BCUT2D eigenvalue weighted by Crippen LogP contribution is -2.32. The van der Waals surface area contributed by atoms with Gasteiger partial charge >= 0.3 is 0 Å². The van der Waals surface area contributed by atoms with Crippen LogP contribution >= 0.6 is 0 Å². The van der Waals surface area contributed by atoms with Gasteiger partial charge in [-0.2, -0.15) is 0 Å². The molecule has 1 aromatic carbocycles. The van der Waals surface area contributed by atoms with Crippen LogP contribution in [-0.2, 0) is 18.4 Å². The van der Waals surface area contributed by atoms with E-state index in [1.807, 2.05) is 42.1 Å². The molecule has 0 aliphatic carbocycles. The van der Waals surface area contributed by atoms with Crippen LogP contribution in [0.4, 0.5) is 0 Å². The summed E-state index contributed by atoms with van der Waals surface area (Å²) in [5, 5.41) is 0.907. The van der Waals surface area contributed by atoms with Crippen molar-refractivity contribution in [3.05, 3.63) is 53.8 Å². The summed E-state index contributed by atoms with van der Waals surface area (Å²) in [5.41, 5.74) is 8.84. The number of aryl methyl sites for hydroxylation is 1. The standard InChI is InChI=1S/C19H22N4O3/c1-22-11-21-7-16(22)13-8-23(9-15(13)20)19(24)18-14(10-25-2)12-5-3-4-6-17(12)26-18/h3-7,11,13,15H,8-10,20H2,1-2H3/t13-,15-/m1/s1. The number of methoxy groups -OCH3 is 1. The molecule has 1 aliphatic heterocycles. The first-order chi connectivity index (χ1) is 12.6. The average Bonchev–Trinajstić information content (AvgIpc) is 3.32. The molecule has 3 aromatic rings. The van der Waals surface area contributed by atoms with Crippen molar-refractivity contribution in [2.45, 2.75) is 18.6 Å². The van der Waals surface area contributed by atoms with Crippen LogP contribution in [0.3, 0.4) is 0 Å². The predicted octanol–water partition coefficient (Wildman–Crippen LogP) is 1.88. The lowest BCUT2D eigenvalue weighted by Gasteiger charge is -2.16. The van der Waals surface area contributed by atoms with Crippen LogP contribution in [0.2, 0.25) is 0 Å². The number of furan rings is 1. The number of benzene rings is 1. The molecule has 0 unspecified atom stereocenters. The highest BCUT2D eigenvalue weighted by Crippen LogP contribution is 2.31. The summed E-state index contributed by atoms with van der Waals surface area (Å²) in [7, 11) is 3.55. The Hall–Kier alpha value is -2.64. The second kappa shape index (κ2) is 6.59. The zero-order valence-electron chi connectivity index (χ0n) is 14.9. The van der Waals surface area contributed by atoms with E-state index in [4.69, 9.17) is 14.9 Å². The zero-order valence-corrected chi connectivity index (χ0v) is 14.9. The molecule has 0 radical (unpaired) electrons. The number of amides is 1. The molecule has 0 saturated carbocycles. The number of nitrogens with zero attached hydrogens (tertiary/aromatic N) is 3. The number of imidazole rings is 1. The van der Waals surface area contributed by atoms with E-state index in [2.05, 4.69) is 4.98 Å². The van der Waals surface area contributed by atoms with Crippen LogP contribution in [0.25, 0.3) is 11.0 Å². The molecule has 4 rings (SSSR count). The minimum atomic E-state index is -0.145. The molecule has 1 amide bonds. The molecule has 1 fully saturated rings. The number of rotatable bonds is 4. The number of nitrogens with two attached hydrogens (primary N) is 1. The summed E-state index contributed by atoms with van der Waals surface area (Å²) in [6.45, 7) is 1.35. The van der Waals surface area contributed by atoms with E-state index in [1.165, 1.54) is 0 Å². The number of aromatic nitrogens is 2. The number of hydrogen-bond donors (Lipinski definition) is 1. The third kappa shape index (κ3) is 2.69. The van der Waals surface area contributed by atoms with Gasteiger partial charge in [-0.3, -0.25) is 4.79 Å². The maximum Gasteiger partial charge on any atom is 0.290 e. The van der Waals surface area contributed by atoms with E-state index >= 15 is 0 Å². The first-order valence-corrected chi connectivity index (χ1v) is 8.60. The molecule has 0 spiro atoms. The van der Waals surface area contributed by atoms with Gasteiger partial charge in [0.2, 0.25) is 0 Å². The SMILES string of the molecule is COCc1c(C(=O)N2C[C@@H](N)[C@H](c3cncn3C)C2)oc2ccccc12. The van der Waals surface area contributed by atoms with Crippen molar-refractivity contribution in [3.63, 3.8) is 0 Å². The summed E-state index contributed by atoms with van der Waals surface area (Å²) >= 11 is 0. The van der Waals surface area contributed by atoms with E-state index in [0.717, 1.165) is 16.6 Å². The van der Waals surface area contributed by atoms with E-state index < -0.39 is 0 Å². The molecular weight excluding hydrogens is 332 g/mol. The molecule has 26 heavy (non-hydrogen) atoms. The fraction of sp³-hybridized carbons (Fsp3) is 0.368. The number of hydrogen-bond acceptors (Lipinski definition) is 5. The minimum Gasteiger partial charge on any atom is -0.451 e. The van der Waals surface area contributed by atoms with Crippen molar-refractivity contribution < 1.29 is 13.9 Å². The number of ether oxygens (including phenoxy) is 1. The largest absolute Gasteiger partial charge is 0.451 e. The lowest BCUT2D eigenvalue weighted by molar-refractivity contribution is 0.0753. The molecule has 1 aliphatic rings. The van der Waals surface area contributed by atoms with Gasteiger partial charge in [-0.05, 0) is 6.07 Å². The van der Waals surface area contributed by atoms with Crippen molar-refractivity contribution in [1.29, 1.82) is 0 Å². The van der Waals surface area contributed by atoms with Crippen molar-refractivity contribution >= 4 is 16.9 Å². The lowest BCUT2D eigenvalue weighted by atomic mass is 10.0. The summed E-state index contributed by atoms with van der Waals surface area (Å²) in [5.74, 6) is 0.251. The molecule has 0 bridgehead atoms. The van der Waals surface area contributed by atoms with Gasteiger partial charge in [-0.1, -0.05) is 18.2 Å². The van der Waals surface area contributed by atoms with Gasteiger partial charge in [0.25, 0.3) is 5.91 Å². The Morgan fingerprint density at radius 3 is 2.92 bits per heavy atom. The monoisotopic (exact) mass is 354 g/mol. The quantitative estimate of drug-likeness (QED) is 0.773. The minimum absolute atomic E-state index is 0.0571. The van der Waals surface area contributed by atoms with Crippen LogP contribution in [0.1, 0.15) is 27.7 Å². The maximum absolute atomic E-state index is 13.2. The highest BCUT2D eigenvalue weighted by atomic mass is 16.5. The number of para-hydroxylation sites is 1. The fourth-order valence-electron chi connectivity index (χ4n) is 3.74. The van der Waals surface area contributed by atoms with Gasteiger partial charge < -0.3 is 24.4 Å². The van der Waals surface area contributed by atoms with Gasteiger partial charge in [0.15, 0.2) is 5.76 Å². The van der Waals surface area contributed by atoms with Gasteiger partial charge in [0.1, 0.15) is 5.58 Å². The maximum atomic E-state index is 13.2. The Balaban J connectivity index is 1.65. The van der Waals surface area contributed by atoms with Crippen molar-refractivity contribution in [1.82, 2.24) is 14.5 Å². The third-order valence-corrected chi connectivity index (χ3v) is 5.07. The number of carbonyl (C=O) groups excluding carboxylic acids is 1. The fourth-order valence-corrected chi connectivity index (χ4v) is 3.74. The molecule has 2 N–H and O–H groups in total. The van der Waals surface area contributed by atoms with Gasteiger partial charge in [-0.25, -0.2) is 4.98 Å². The normalized spacial score (nSPS) is 20.2. The van der Waals surface area contributed by atoms with Crippen LogP contribution in [0.15, 0.2) is 41.2 Å². The number of fused-ring (bicyclic) bond motifs is 1. The highest BCUT2D eigenvalue weighted by molar-refractivity contribution is 5.99. The predicted molar refractivity (Wildman–Crippen MR) is 96.8 cm³/mol. The van der Waals surface area contributed by atoms with Crippen LogP contribution in [0.5, 0.6) is 0 Å². The Labute approximate surface area is 151 Å². The first kappa shape index (κ1) is 16.8. The summed E-state index contributed by atoms with van der Waals surface area (Å²) < 4.78 is 13.1. The van der Waals surface area contributed by atoms with E-state index in [-0.39, 0.29) is 17.9 Å². The van der Waals surface area contributed by atoms with Gasteiger partial charge in [0.05, 0.1) is 12.9 Å². The molecule has 7 nitrogen and oxygen atoms in total. The Morgan fingerprint density at radius 1 is 1.38 bits per heavy atom.